The van der Waals surface area contributed by atoms with Gasteiger partial charge in [0.25, 0.3) is 5.56 Å². The molecule has 1 fully saturated rings. The Morgan fingerprint density at radius 3 is 2.73 bits per heavy atom. The van der Waals surface area contributed by atoms with Gasteiger partial charge in [0.1, 0.15) is 5.60 Å². The minimum Gasteiger partial charge on any atom is -0.444 e. The number of H-pyrrole nitrogens is 2. The largest absolute Gasteiger partial charge is 0.444 e. The lowest BCUT2D eigenvalue weighted by atomic mass is 10.1. The molecule has 0 aliphatic carbocycles. The number of carbonyl (C=O) groups excluding carboxylic acids is 1. The Bertz CT molecular complexity index is 935. The number of imidazole rings is 1. The van der Waals surface area contributed by atoms with Crippen molar-refractivity contribution in [1.29, 1.82) is 0 Å². The van der Waals surface area contributed by atoms with Crippen molar-refractivity contribution < 1.29 is 9.53 Å². The topological polar surface area (TPSA) is 125 Å². The molecule has 1 amide bonds. The van der Waals surface area contributed by atoms with Crippen molar-refractivity contribution in [2.24, 2.45) is 7.05 Å². The molecular weight excluding hydrogens is 340 g/mol. The Morgan fingerprint density at radius 2 is 2.04 bits per heavy atom. The highest BCUT2D eigenvalue weighted by atomic mass is 16.6. The maximum Gasteiger partial charge on any atom is 0.407 e. The van der Waals surface area contributed by atoms with Gasteiger partial charge in [-0.2, -0.15) is 4.98 Å². The van der Waals surface area contributed by atoms with Gasteiger partial charge in [-0.05, 0) is 33.6 Å². The standard InChI is InChI=1S/C16H24N6O4/c1-16(2,3)26-15(25)17-9-6-5-7-22(8-9)13-18-10-11(19-13)21(4)14(24)20-12(10)23/h9H,5-8H2,1-4H3,(H,17,25)(H,18,19)(H,20,23,24)/t9-/m1/s1. The van der Waals surface area contributed by atoms with Gasteiger partial charge >= 0.3 is 11.8 Å². The molecule has 2 aromatic heterocycles. The van der Waals surface area contributed by atoms with Crippen LogP contribution >= 0.6 is 0 Å². The predicted octanol–water partition coefficient (Wildman–Crippen LogP) is 0.443. The number of fused-ring (bicyclic) bond motifs is 1. The SMILES string of the molecule is Cn1c(=O)[nH]c(=O)c2[nH]c(N3CCC[C@@H](NC(=O)OC(C)(C)C)C3)nc21. The first-order chi connectivity index (χ1) is 12.1. The van der Waals surface area contributed by atoms with Gasteiger partial charge in [0.2, 0.25) is 5.95 Å². The third-order valence-electron chi connectivity index (χ3n) is 4.18. The van der Waals surface area contributed by atoms with Gasteiger partial charge in [0.15, 0.2) is 11.2 Å². The third kappa shape index (κ3) is 3.73. The van der Waals surface area contributed by atoms with Crippen LogP contribution in [0.25, 0.3) is 11.2 Å². The molecule has 3 N–H and O–H groups in total. The smallest absolute Gasteiger partial charge is 0.407 e. The number of alkyl carbamates (subject to hydrolysis) is 1. The van der Waals surface area contributed by atoms with Crippen LogP contribution in [0.3, 0.4) is 0 Å². The van der Waals surface area contributed by atoms with Crippen LogP contribution in [0.15, 0.2) is 9.59 Å². The average Bonchev–Trinajstić information content (AvgIpc) is 2.97. The van der Waals surface area contributed by atoms with Gasteiger partial charge in [-0.1, -0.05) is 0 Å². The minimum absolute atomic E-state index is 0.0890. The highest BCUT2D eigenvalue weighted by Crippen LogP contribution is 2.19. The van der Waals surface area contributed by atoms with E-state index in [-0.39, 0.29) is 11.6 Å². The number of anilines is 1. The molecule has 1 atom stereocenters. The summed E-state index contributed by atoms with van der Waals surface area (Å²) in [5.74, 6) is 0.502. The molecule has 1 aliphatic rings. The molecule has 3 heterocycles. The summed E-state index contributed by atoms with van der Waals surface area (Å²) in [4.78, 5) is 47.2. The van der Waals surface area contributed by atoms with Crippen molar-refractivity contribution in [3.63, 3.8) is 0 Å². The second-order valence-corrected chi connectivity index (χ2v) is 7.51. The Morgan fingerprint density at radius 1 is 1.31 bits per heavy atom. The number of rotatable bonds is 2. The van der Waals surface area contributed by atoms with Crippen molar-refractivity contribution in [3.8, 4) is 0 Å². The number of piperidine rings is 1. The van der Waals surface area contributed by atoms with Crippen LogP contribution in [0, 0.1) is 0 Å². The number of amides is 1. The zero-order valence-corrected chi connectivity index (χ0v) is 15.4. The maximum absolute atomic E-state index is 12.0. The second kappa shape index (κ2) is 6.50. The van der Waals surface area contributed by atoms with Crippen LogP contribution in [-0.4, -0.2) is 50.3 Å². The number of ether oxygens (including phenoxy) is 1. The molecule has 10 nitrogen and oxygen atoms in total. The van der Waals surface area contributed by atoms with E-state index in [2.05, 4.69) is 20.3 Å². The van der Waals surface area contributed by atoms with Crippen molar-refractivity contribution in [3.05, 3.63) is 20.8 Å². The average molecular weight is 364 g/mol. The fraction of sp³-hybridized carbons (Fsp3) is 0.625. The highest BCUT2D eigenvalue weighted by Gasteiger charge is 2.26. The Balaban J connectivity index is 1.78. The molecule has 0 spiro atoms. The molecule has 0 bridgehead atoms. The second-order valence-electron chi connectivity index (χ2n) is 7.51. The number of hydrogen-bond donors (Lipinski definition) is 3. The molecule has 1 saturated heterocycles. The number of hydrogen-bond acceptors (Lipinski definition) is 6. The van der Waals surface area contributed by atoms with Crippen molar-refractivity contribution >= 4 is 23.2 Å². The summed E-state index contributed by atoms with van der Waals surface area (Å²) < 4.78 is 6.59. The Labute approximate surface area is 149 Å². The molecule has 0 unspecified atom stereocenters. The molecule has 0 aromatic carbocycles. The van der Waals surface area contributed by atoms with Gasteiger partial charge in [0.05, 0.1) is 0 Å². The van der Waals surface area contributed by atoms with Crippen LogP contribution < -0.4 is 21.5 Å². The van der Waals surface area contributed by atoms with Gasteiger partial charge in [-0.15, -0.1) is 0 Å². The lowest BCUT2D eigenvalue weighted by Gasteiger charge is -2.33. The van der Waals surface area contributed by atoms with Crippen LogP contribution in [0.5, 0.6) is 0 Å². The van der Waals surface area contributed by atoms with E-state index >= 15 is 0 Å². The Hall–Kier alpha value is -2.78. The fourth-order valence-electron chi connectivity index (χ4n) is 3.00. The number of aryl methyl sites for hydroxylation is 1. The molecule has 0 radical (unpaired) electrons. The van der Waals surface area contributed by atoms with Gasteiger partial charge in [0, 0.05) is 26.2 Å². The summed E-state index contributed by atoms with van der Waals surface area (Å²) in [6.07, 6.45) is 1.23. The van der Waals surface area contributed by atoms with E-state index < -0.39 is 22.9 Å². The summed E-state index contributed by atoms with van der Waals surface area (Å²) in [6, 6.07) is -0.0890. The lowest BCUT2D eigenvalue weighted by Crippen LogP contribution is -2.49. The number of nitrogens with one attached hydrogen (secondary N) is 3. The molecule has 0 saturated carbocycles. The van der Waals surface area contributed by atoms with Crippen LogP contribution in [0.1, 0.15) is 33.6 Å². The summed E-state index contributed by atoms with van der Waals surface area (Å²) in [7, 11) is 1.55. The summed E-state index contributed by atoms with van der Waals surface area (Å²) in [5, 5.41) is 2.87. The maximum atomic E-state index is 12.0. The van der Waals surface area contributed by atoms with E-state index in [1.54, 1.807) is 7.05 Å². The molecule has 142 valence electrons. The quantitative estimate of drug-likeness (QED) is 0.710. The first-order valence-electron chi connectivity index (χ1n) is 8.57. The van der Waals surface area contributed by atoms with E-state index in [4.69, 9.17) is 4.74 Å². The van der Waals surface area contributed by atoms with Crippen LogP contribution in [0.4, 0.5) is 10.7 Å². The van der Waals surface area contributed by atoms with Gasteiger partial charge in [-0.3, -0.25) is 14.3 Å². The molecule has 3 rings (SSSR count). The molecule has 26 heavy (non-hydrogen) atoms. The number of aromatic nitrogens is 4. The lowest BCUT2D eigenvalue weighted by molar-refractivity contribution is 0.0500. The fourth-order valence-corrected chi connectivity index (χ4v) is 3.00. The zero-order valence-electron chi connectivity index (χ0n) is 15.4. The van der Waals surface area contributed by atoms with Crippen molar-refractivity contribution in [2.45, 2.75) is 45.3 Å². The first-order valence-corrected chi connectivity index (χ1v) is 8.57. The van der Waals surface area contributed by atoms with Crippen LogP contribution in [-0.2, 0) is 11.8 Å². The molecule has 10 heteroatoms. The van der Waals surface area contributed by atoms with E-state index in [0.29, 0.717) is 18.1 Å². The van der Waals surface area contributed by atoms with E-state index in [1.807, 2.05) is 25.7 Å². The summed E-state index contributed by atoms with van der Waals surface area (Å²) >= 11 is 0. The predicted molar refractivity (Wildman–Crippen MR) is 96.6 cm³/mol. The van der Waals surface area contributed by atoms with Crippen molar-refractivity contribution in [2.75, 3.05) is 18.0 Å². The van der Waals surface area contributed by atoms with E-state index in [1.165, 1.54) is 4.57 Å². The third-order valence-corrected chi connectivity index (χ3v) is 4.18. The Kier molecular flexibility index (Phi) is 4.51. The minimum atomic E-state index is -0.553. The summed E-state index contributed by atoms with van der Waals surface area (Å²) in [6.45, 7) is 6.71. The highest BCUT2D eigenvalue weighted by molar-refractivity contribution is 5.73. The van der Waals surface area contributed by atoms with E-state index in [9.17, 15) is 14.4 Å². The van der Waals surface area contributed by atoms with E-state index in [0.717, 1.165) is 19.4 Å². The van der Waals surface area contributed by atoms with Crippen LogP contribution in [0.2, 0.25) is 0 Å². The number of nitrogens with zero attached hydrogens (tertiary/aromatic N) is 3. The summed E-state index contributed by atoms with van der Waals surface area (Å²) in [5.41, 5.74) is -1.01. The van der Waals surface area contributed by atoms with Crippen molar-refractivity contribution in [1.82, 2.24) is 24.8 Å². The normalized spacial score (nSPS) is 18.2. The zero-order chi connectivity index (χ0) is 19.1. The molecular formula is C16H24N6O4. The van der Waals surface area contributed by atoms with Gasteiger partial charge in [-0.25, -0.2) is 9.59 Å². The number of carbonyl (C=O) groups is 1. The molecule has 1 aliphatic heterocycles. The monoisotopic (exact) mass is 364 g/mol. The van der Waals surface area contributed by atoms with Gasteiger partial charge < -0.3 is 19.9 Å². The molecule has 2 aromatic rings. The first kappa shape index (κ1) is 18.0. The number of aromatic amines is 2.